The Bertz CT molecular complexity index is 1100. The van der Waals surface area contributed by atoms with E-state index in [2.05, 4.69) is 0 Å². The molecule has 0 unspecified atom stereocenters. The molecule has 3 aromatic rings. The molecule has 0 aliphatic heterocycles. The number of ketones is 1. The van der Waals surface area contributed by atoms with Crippen molar-refractivity contribution in [2.75, 3.05) is 6.61 Å². The summed E-state index contributed by atoms with van der Waals surface area (Å²) in [6.07, 6.45) is 0.671. The van der Waals surface area contributed by atoms with Gasteiger partial charge in [0.1, 0.15) is 0 Å². The van der Waals surface area contributed by atoms with Gasteiger partial charge in [0.05, 0.1) is 28.3 Å². The predicted molar refractivity (Wildman–Crippen MR) is 104 cm³/mol. The average Bonchev–Trinajstić information content (AvgIpc) is 3.10. The first kappa shape index (κ1) is 19.3. The molecule has 0 saturated heterocycles. The number of nitro benzene ring substituents is 1. The standard InChI is InChI=1S/C21H20N2O5/c1-4-14-10-9-13(3)22-18(12-17(19(14)22)21(25)28-5-2)20(24)15-7-6-8-16(11-15)23(26)27/h6-12H,4-5H2,1-3H3. The maximum Gasteiger partial charge on any atom is 0.340 e. The van der Waals surface area contributed by atoms with Crippen molar-refractivity contribution >= 4 is 23.0 Å². The minimum Gasteiger partial charge on any atom is -0.462 e. The van der Waals surface area contributed by atoms with Crippen molar-refractivity contribution in [3.63, 3.8) is 0 Å². The number of aryl methyl sites for hydroxylation is 2. The molecule has 2 aromatic heterocycles. The molecule has 2 heterocycles. The average molecular weight is 380 g/mol. The van der Waals surface area contributed by atoms with Crippen molar-refractivity contribution < 1.29 is 19.2 Å². The lowest BCUT2D eigenvalue weighted by Gasteiger charge is -2.10. The van der Waals surface area contributed by atoms with Gasteiger partial charge in [0.25, 0.3) is 5.69 Å². The van der Waals surface area contributed by atoms with Crippen molar-refractivity contribution in [3.05, 3.63) is 80.7 Å². The molecule has 0 fully saturated rings. The van der Waals surface area contributed by atoms with Crippen LogP contribution in [0.2, 0.25) is 0 Å². The topological polar surface area (TPSA) is 90.9 Å². The van der Waals surface area contributed by atoms with Gasteiger partial charge in [-0.05, 0) is 38.0 Å². The minimum absolute atomic E-state index is 0.164. The van der Waals surface area contributed by atoms with Gasteiger partial charge in [0, 0.05) is 23.4 Å². The van der Waals surface area contributed by atoms with Gasteiger partial charge in [-0.2, -0.15) is 0 Å². The Morgan fingerprint density at radius 3 is 2.54 bits per heavy atom. The number of rotatable bonds is 6. The van der Waals surface area contributed by atoms with E-state index in [1.165, 1.54) is 30.3 Å². The molecule has 0 aliphatic rings. The number of carbonyl (C=O) groups excluding carboxylic acids is 2. The van der Waals surface area contributed by atoms with Gasteiger partial charge in [0.15, 0.2) is 0 Å². The minimum atomic E-state index is -0.544. The Hall–Kier alpha value is -3.48. The van der Waals surface area contributed by atoms with Crippen molar-refractivity contribution in [1.29, 1.82) is 0 Å². The first-order chi connectivity index (χ1) is 13.4. The number of nitro groups is 1. The summed E-state index contributed by atoms with van der Waals surface area (Å²) in [4.78, 5) is 36.2. The summed E-state index contributed by atoms with van der Waals surface area (Å²) >= 11 is 0. The Morgan fingerprint density at radius 2 is 1.89 bits per heavy atom. The Morgan fingerprint density at radius 1 is 1.14 bits per heavy atom. The molecule has 7 nitrogen and oxygen atoms in total. The zero-order valence-corrected chi connectivity index (χ0v) is 15.9. The fourth-order valence-corrected chi connectivity index (χ4v) is 3.29. The molecule has 0 radical (unpaired) electrons. The van der Waals surface area contributed by atoms with Crippen LogP contribution in [0.1, 0.15) is 51.5 Å². The molecule has 0 saturated carbocycles. The van der Waals surface area contributed by atoms with Gasteiger partial charge in [-0.15, -0.1) is 0 Å². The first-order valence-corrected chi connectivity index (χ1v) is 8.99. The third kappa shape index (κ3) is 3.26. The molecule has 28 heavy (non-hydrogen) atoms. The highest BCUT2D eigenvalue weighted by Crippen LogP contribution is 2.27. The van der Waals surface area contributed by atoms with E-state index in [1.807, 2.05) is 26.0 Å². The van der Waals surface area contributed by atoms with Crippen LogP contribution in [0.15, 0.2) is 42.5 Å². The van der Waals surface area contributed by atoms with Crippen LogP contribution in [-0.4, -0.2) is 27.7 Å². The van der Waals surface area contributed by atoms with Crippen LogP contribution in [0.4, 0.5) is 5.69 Å². The second kappa shape index (κ2) is 7.64. The van der Waals surface area contributed by atoms with Crippen LogP contribution < -0.4 is 0 Å². The Labute approximate surface area is 161 Å². The van der Waals surface area contributed by atoms with Crippen LogP contribution in [0.25, 0.3) is 5.52 Å². The molecule has 0 N–H and O–H groups in total. The third-order valence-corrected chi connectivity index (χ3v) is 4.61. The maximum absolute atomic E-state index is 13.2. The molecule has 0 atom stereocenters. The van der Waals surface area contributed by atoms with Gasteiger partial charge in [-0.3, -0.25) is 14.9 Å². The number of fused-ring (bicyclic) bond motifs is 1. The zero-order chi connectivity index (χ0) is 20.4. The molecule has 0 bridgehead atoms. The second-order valence-electron chi connectivity index (χ2n) is 6.34. The van der Waals surface area contributed by atoms with Gasteiger partial charge in [-0.1, -0.05) is 25.1 Å². The van der Waals surface area contributed by atoms with E-state index in [4.69, 9.17) is 4.74 Å². The van der Waals surface area contributed by atoms with E-state index in [1.54, 1.807) is 11.3 Å². The van der Waals surface area contributed by atoms with Crippen LogP contribution in [-0.2, 0) is 11.2 Å². The lowest BCUT2D eigenvalue weighted by Crippen LogP contribution is -2.08. The molecule has 144 valence electrons. The number of non-ortho nitro benzene ring substituents is 1. The Kier molecular flexibility index (Phi) is 5.26. The smallest absolute Gasteiger partial charge is 0.340 e. The molecule has 0 spiro atoms. The van der Waals surface area contributed by atoms with Crippen LogP contribution in [0.3, 0.4) is 0 Å². The van der Waals surface area contributed by atoms with E-state index in [9.17, 15) is 19.7 Å². The maximum atomic E-state index is 13.2. The summed E-state index contributed by atoms with van der Waals surface area (Å²) in [5.74, 6) is -0.899. The van der Waals surface area contributed by atoms with E-state index in [-0.39, 0.29) is 23.6 Å². The van der Waals surface area contributed by atoms with Crippen LogP contribution in [0, 0.1) is 17.0 Å². The molecular weight excluding hydrogens is 360 g/mol. The number of carbonyl (C=O) groups is 2. The normalized spacial score (nSPS) is 10.8. The lowest BCUT2D eigenvalue weighted by atomic mass is 10.1. The molecular formula is C21H20N2O5. The zero-order valence-electron chi connectivity index (χ0n) is 15.9. The number of nitrogens with zero attached hydrogens (tertiary/aromatic N) is 2. The highest BCUT2D eigenvalue weighted by Gasteiger charge is 2.24. The summed E-state index contributed by atoms with van der Waals surface area (Å²) in [5.41, 5.74) is 2.93. The summed E-state index contributed by atoms with van der Waals surface area (Å²) in [6, 6.07) is 10.9. The van der Waals surface area contributed by atoms with E-state index < -0.39 is 16.7 Å². The number of hydrogen-bond acceptors (Lipinski definition) is 5. The van der Waals surface area contributed by atoms with Gasteiger partial charge >= 0.3 is 5.97 Å². The highest BCUT2D eigenvalue weighted by atomic mass is 16.6. The first-order valence-electron chi connectivity index (χ1n) is 8.99. The van der Waals surface area contributed by atoms with Gasteiger partial charge < -0.3 is 9.14 Å². The largest absolute Gasteiger partial charge is 0.462 e. The predicted octanol–water partition coefficient (Wildman–Crippen LogP) is 4.13. The number of aromatic nitrogens is 1. The lowest BCUT2D eigenvalue weighted by molar-refractivity contribution is -0.384. The number of ether oxygens (including phenoxy) is 1. The van der Waals surface area contributed by atoms with Gasteiger partial charge in [0.2, 0.25) is 5.78 Å². The number of pyridine rings is 1. The number of esters is 1. The summed E-state index contributed by atoms with van der Waals surface area (Å²) < 4.78 is 6.90. The molecule has 1 aromatic carbocycles. The van der Waals surface area contributed by atoms with Crippen molar-refractivity contribution in [2.24, 2.45) is 0 Å². The number of benzene rings is 1. The third-order valence-electron chi connectivity index (χ3n) is 4.61. The monoisotopic (exact) mass is 380 g/mol. The molecule has 7 heteroatoms. The summed E-state index contributed by atoms with van der Waals surface area (Å²) in [6.45, 7) is 5.75. The second-order valence-corrected chi connectivity index (χ2v) is 6.34. The molecule has 0 aliphatic carbocycles. The van der Waals surface area contributed by atoms with Gasteiger partial charge in [-0.25, -0.2) is 4.79 Å². The van der Waals surface area contributed by atoms with E-state index in [0.717, 1.165) is 11.3 Å². The SMILES string of the molecule is CCOC(=O)c1cc(C(=O)c2cccc([N+](=O)[O-])c2)n2c(C)ccc(CC)c12. The van der Waals surface area contributed by atoms with Crippen molar-refractivity contribution in [1.82, 2.24) is 4.40 Å². The molecule has 3 rings (SSSR count). The van der Waals surface area contributed by atoms with E-state index in [0.29, 0.717) is 17.5 Å². The number of hydrogen-bond donors (Lipinski definition) is 0. The van der Waals surface area contributed by atoms with Crippen LogP contribution in [0.5, 0.6) is 0 Å². The molecule has 0 amide bonds. The van der Waals surface area contributed by atoms with Crippen LogP contribution >= 0.6 is 0 Å². The van der Waals surface area contributed by atoms with Crippen molar-refractivity contribution in [2.45, 2.75) is 27.2 Å². The van der Waals surface area contributed by atoms with Crippen molar-refractivity contribution in [3.8, 4) is 0 Å². The summed E-state index contributed by atoms with van der Waals surface area (Å²) in [5, 5.41) is 11.1. The van der Waals surface area contributed by atoms with E-state index >= 15 is 0 Å². The fourth-order valence-electron chi connectivity index (χ4n) is 3.29. The Balaban J connectivity index is 2.26. The quantitative estimate of drug-likeness (QED) is 0.278. The highest BCUT2D eigenvalue weighted by molar-refractivity contribution is 6.12. The fraction of sp³-hybridized carbons (Fsp3) is 0.238. The summed E-state index contributed by atoms with van der Waals surface area (Å²) in [7, 11) is 0.